The highest BCUT2D eigenvalue weighted by atomic mass is 15.2. The fourth-order valence-corrected chi connectivity index (χ4v) is 6.78. The maximum absolute atomic E-state index is 2.76. The molecule has 1 nitrogen and oxygen atoms in total. The van der Waals surface area contributed by atoms with E-state index in [4.69, 9.17) is 0 Å². The van der Waals surface area contributed by atoms with E-state index in [9.17, 15) is 0 Å². The average Bonchev–Trinajstić information content (AvgIpc) is 2.81. The van der Waals surface area contributed by atoms with Crippen molar-refractivity contribution in [2.24, 2.45) is 35.5 Å². The third-order valence-electron chi connectivity index (χ3n) is 8.06. The van der Waals surface area contributed by atoms with Gasteiger partial charge in [0.15, 0.2) is 0 Å². The summed E-state index contributed by atoms with van der Waals surface area (Å²) in [6, 6.07) is 1.72. The fourth-order valence-electron chi connectivity index (χ4n) is 6.78. The summed E-state index contributed by atoms with van der Waals surface area (Å²) in [5.41, 5.74) is 0. The van der Waals surface area contributed by atoms with Crippen LogP contribution in [0.3, 0.4) is 0 Å². The molecular weight excluding hydrogens is 242 g/mol. The molecule has 4 rings (SSSR count). The summed E-state index contributed by atoms with van der Waals surface area (Å²) in [6.07, 6.45) is 12.4. The van der Waals surface area contributed by atoms with Gasteiger partial charge in [-0.15, -0.1) is 0 Å². The summed E-state index contributed by atoms with van der Waals surface area (Å²) in [5.74, 6) is 6.39. The lowest BCUT2D eigenvalue weighted by molar-refractivity contribution is -0.0246. The van der Waals surface area contributed by atoms with E-state index in [1.807, 2.05) is 0 Å². The molecule has 4 fully saturated rings. The van der Waals surface area contributed by atoms with E-state index in [0.29, 0.717) is 0 Å². The summed E-state index contributed by atoms with van der Waals surface area (Å²) >= 11 is 0. The van der Waals surface area contributed by atoms with E-state index >= 15 is 0 Å². The maximum atomic E-state index is 2.76. The quantitative estimate of drug-likeness (QED) is 0.626. The number of fused-ring (bicyclic) bond motifs is 4. The minimum Gasteiger partial charge on any atom is -0.300 e. The molecule has 8 atom stereocenters. The monoisotopic (exact) mass is 275 g/mol. The van der Waals surface area contributed by atoms with Crippen LogP contribution in [0.2, 0.25) is 0 Å². The molecular formula is C19H33N. The van der Waals surface area contributed by atoms with Gasteiger partial charge >= 0.3 is 0 Å². The van der Waals surface area contributed by atoms with Crippen LogP contribution in [-0.4, -0.2) is 24.0 Å². The van der Waals surface area contributed by atoms with Gasteiger partial charge in [-0.05, 0) is 81.6 Å². The molecule has 0 aromatic carbocycles. The van der Waals surface area contributed by atoms with E-state index in [-0.39, 0.29) is 0 Å². The maximum Gasteiger partial charge on any atom is 0.0126 e. The third-order valence-corrected chi connectivity index (χ3v) is 8.06. The van der Waals surface area contributed by atoms with Crippen molar-refractivity contribution in [3.63, 3.8) is 0 Å². The molecule has 1 saturated heterocycles. The van der Waals surface area contributed by atoms with E-state index in [2.05, 4.69) is 25.8 Å². The van der Waals surface area contributed by atoms with Gasteiger partial charge in [-0.25, -0.2) is 0 Å². The molecule has 8 unspecified atom stereocenters. The van der Waals surface area contributed by atoms with Crippen LogP contribution in [0, 0.1) is 35.5 Å². The number of likely N-dealkylation sites (tertiary alicyclic amines) is 1. The van der Waals surface area contributed by atoms with E-state index in [1.54, 1.807) is 25.7 Å². The number of hydrogen-bond donors (Lipinski definition) is 0. The van der Waals surface area contributed by atoms with Crippen LogP contribution in [0.5, 0.6) is 0 Å². The standard InChI is InChI=1S/C19H33N/c1-12-8-16-10-18-15(11-19(16)20(3)13(12)2)9-14-6-4-5-7-17(14)18/h12-19H,4-11H2,1-3H3. The van der Waals surface area contributed by atoms with Crippen molar-refractivity contribution >= 4 is 0 Å². The Morgan fingerprint density at radius 3 is 2.40 bits per heavy atom. The van der Waals surface area contributed by atoms with E-state index in [1.165, 1.54) is 25.7 Å². The van der Waals surface area contributed by atoms with Gasteiger partial charge in [0.05, 0.1) is 0 Å². The van der Waals surface area contributed by atoms with Crippen molar-refractivity contribution in [2.45, 2.75) is 77.3 Å². The number of nitrogens with zero attached hydrogens (tertiary/aromatic N) is 1. The largest absolute Gasteiger partial charge is 0.300 e. The van der Waals surface area contributed by atoms with Gasteiger partial charge in [0, 0.05) is 12.1 Å². The molecule has 0 N–H and O–H groups in total. The summed E-state index contributed by atoms with van der Waals surface area (Å²) in [6.45, 7) is 4.95. The first-order valence-electron chi connectivity index (χ1n) is 9.37. The first-order valence-corrected chi connectivity index (χ1v) is 9.37. The molecule has 0 amide bonds. The Hall–Kier alpha value is -0.0400. The van der Waals surface area contributed by atoms with Crippen LogP contribution in [0.25, 0.3) is 0 Å². The molecule has 3 saturated carbocycles. The van der Waals surface area contributed by atoms with Gasteiger partial charge in [0.2, 0.25) is 0 Å². The van der Waals surface area contributed by atoms with Crippen LogP contribution >= 0.6 is 0 Å². The van der Waals surface area contributed by atoms with Gasteiger partial charge < -0.3 is 4.90 Å². The molecule has 0 spiro atoms. The van der Waals surface area contributed by atoms with Crippen molar-refractivity contribution in [1.29, 1.82) is 0 Å². The van der Waals surface area contributed by atoms with Crippen LogP contribution in [0.4, 0.5) is 0 Å². The lowest BCUT2D eigenvalue weighted by atomic mass is 9.64. The number of piperidine rings is 1. The van der Waals surface area contributed by atoms with Gasteiger partial charge in [0.1, 0.15) is 0 Å². The summed E-state index contributed by atoms with van der Waals surface area (Å²) < 4.78 is 0. The predicted molar refractivity (Wildman–Crippen MR) is 84.6 cm³/mol. The highest BCUT2D eigenvalue weighted by Gasteiger charge is 2.51. The molecule has 1 heterocycles. The van der Waals surface area contributed by atoms with E-state index in [0.717, 1.165) is 47.6 Å². The van der Waals surface area contributed by atoms with Crippen molar-refractivity contribution in [2.75, 3.05) is 7.05 Å². The zero-order chi connectivity index (χ0) is 13.9. The molecule has 1 aliphatic heterocycles. The first kappa shape index (κ1) is 13.6. The molecule has 3 aliphatic carbocycles. The molecule has 20 heavy (non-hydrogen) atoms. The average molecular weight is 275 g/mol. The summed E-state index contributed by atoms with van der Waals surface area (Å²) in [5, 5.41) is 0. The second-order valence-corrected chi connectivity index (χ2v) is 8.79. The van der Waals surface area contributed by atoms with Crippen molar-refractivity contribution < 1.29 is 0 Å². The van der Waals surface area contributed by atoms with Gasteiger partial charge in [-0.2, -0.15) is 0 Å². The Kier molecular flexibility index (Phi) is 3.41. The van der Waals surface area contributed by atoms with Crippen molar-refractivity contribution in [3.05, 3.63) is 0 Å². The Labute approximate surface area is 125 Å². The smallest absolute Gasteiger partial charge is 0.0126 e. The highest BCUT2D eigenvalue weighted by molar-refractivity contribution is 5.02. The van der Waals surface area contributed by atoms with Crippen LogP contribution < -0.4 is 0 Å². The zero-order valence-electron chi connectivity index (χ0n) is 13.7. The normalized spacial score (nSPS) is 56.0. The topological polar surface area (TPSA) is 3.24 Å². The second kappa shape index (κ2) is 5.00. The third kappa shape index (κ3) is 1.99. The van der Waals surface area contributed by atoms with Crippen LogP contribution in [0.15, 0.2) is 0 Å². The van der Waals surface area contributed by atoms with Crippen molar-refractivity contribution in [3.8, 4) is 0 Å². The number of rotatable bonds is 0. The lowest BCUT2D eigenvalue weighted by Crippen LogP contribution is -2.54. The fraction of sp³-hybridized carbons (Fsp3) is 1.00. The van der Waals surface area contributed by atoms with Crippen LogP contribution in [0.1, 0.15) is 65.2 Å². The van der Waals surface area contributed by atoms with E-state index < -0.39 is 0 Å². The molecule has 0 bridgehead atoms. The number of hydrogen-bond acceptors (Lipinski definition) is 1. The minimum absolute atomic E-state index is 0.802. The predicted octanol–water partition coefficient (Wildman–Crippen LogP) is 4.57. The molecule has 0 aromatic heterocycles. The first-order chi connectivity index (χ1) is 9.65. The summed E-state index contributed by atoms with van der Waals surface area (Å²) in [7, 11) is 2.42. The van der Waals surface area contributed by atoms with Gasteiger partial charge in [-0.1, -0.05) is 26.2 Å². The van der Waals surface area contributed by atoms with Crippen molar-refractivity contribution in [1.82, 2.24) is 4.90 Å². The molecule has 1 heteroatoms. The van der Waals surface area contributed by atoms with Gasteiger partial charge in [0.25, 0.3) is 0 Å². The van der Waals surface area contributed by atoms with Crippen LogP contribution in [-0.2, 0) is 0 Å². The molecule has 0 radical (unpaired) electrons. The Bertz CT molecular complexity index is 365. The SMILES string of the molecule is CC1CC2CC3C(CC4CCCCC43)CC2N(C)C1C. The minimum atomic E-state index is 0.802. The lowest BCUT2D eigenvalue weighted by Gasteiger charge is -2.52. The Morgan fingerprint density at radius 2 is 1.55 bits per heavy atom. The molecule has 0 aromatic rings. The Balaban J connectivity index is 1.53. The molecule has 114 valence electrons. The van der Waals surface area contributed by atoms with Gasteiger partial charge in [-0.3, -0.25) is 0 Å². The summed E-state index contributed by atoms with van der Waals surface area (Å²) in [4.78, 5) is 2.76. The Morgan fingerprint density at radius 1 is 0.750 bits per heavy atom. The molecule has 4 aliphatic rings. The zero-order valence-corrected chi connectivity index (χ0v) is 13.7. The second-order valence-electron chi connectivity index (χ2n) is 8.79. The highest BCUT2D eigenvalue weighted by Crippen LogP contribution is 2.57.